The lowest BCUT2D eigenvalue weighted by Gasteiger charge is -2.54. The van der Waals surface area contributed by atoms with E-state index in [9.17, 15) is 13.6 Å². The molecule has 3 heterocycles. The van der Waals surface area contributed by atoms with E-state index in [2.05, 4.69) is 4.98 Å². The van der Waals surface area contributed by atoms with Gasteiger partial charge < -0.3 is 19.1 Å². The maximum atomic E-state index is 13.2. The van der Waals surface area contributed by atoms with E-state index in [-0.39, 0.29) is 42.8 Å². The molecule has 1 aliphatic carbocycles. The van der Waals surface area contributed by atoms with Gasteiger partial charge in [0.2, 0.25) is 5.92 Å². The normalized spacial score (nSPS) is 26.5. The molecule has 1 aromatic carbocycles. The van der Waals surface area contributed by atoms with Crippen LogP contribution in [0.2, 0.25) is 0 Å². The molecule has 2 aliphatic heterocycles. The molecule has 2 saturated heterocycles. The highest BCUT2D eigenvalue weighted by Crippen LogP contribution is 2.45. The summed E-state index contributed by atoms with van der Waals surface area (Å²) < 4.78 is 43.0. The molecule has 1 aromatic heterocycles. The van der Waals surface area contributed by atoms with Crippen LogP contribution >= 0.6 is 0 Å². The average molecular weight is 444 g/mol. The van der Waals surface area contributed by atoms with Gasteiger partial charge in [-0.2, -0.15) is 0 Å². The number of carbonyl (C=O) groups is 1. The van der Waals surface area contributed by atoms with Crippen LogP contribution in [0.25, 0.3) is 0 Å². The molecule has 8 heteroatoms. The van der Waals surface area contributed by atoms with E-state index in [0.717, 1.165) is 12.1 Å². The largest absolute Gasteiger partial charge is 0.493 e. The van der Waals surface area contributed by atoms with Crippen molar-refractivity contribution in [1.82, 2.24) is 9.88 Å². The summed E-state index contributed by atoms with van der Waals surface area (Å²) in [4.78, 5) is 19.5. The van der Waals surface area contributed by atoms with E-state index >= 15 is 0 Å². The van der Waals surface area contributed by atoms with E-state index in [1.807, 2.05) is 18.2 Å². The molecule has 0 N–H and O–H groups in total. The number of amides is 1. The monoisotopic (exact) mass is 444 g/mol. The van der Waals surface area contributed by atoms with Crippen molar-refractivity contribution in [2.75, 3.05) is 33.4 Å². The number of fused-ring (bicyclic) bond motifs is 1. The van der Waals surface area contributed by atoms with Crippen LogP contribution in [-0.2, 0) is 10.2 Å². The number of aromatic nitrogens is 1. The fourth-order valence-electron chi connectivity index (χ4n) is 4.91. The second-order valence-corrected chi connectivity index (χ2v) is 8.98. The molecular formula is C24H26F2N2O4. The number of halogens is 2. The molecular weight excluding hydrogens is 418 g/mol. The van der Waals surface area contributed by atoms with Crippen molar-refractivity contribution in [2.24, 2.45) is 5.92 Å². The number of nitrogens with zero attached hydrogens (tertiary/aromatic N) is 2. The number of carbonyl (C=O) groups excluding carboxylic acids is 1. The van der Waals surface area contributed by atoms with E-state index in [4.69, 9.17) is 14.2 Å². The van der Waals surface area contributed by atoms with Gasteiger partial charge in [0.05, 0.1) is 37.5 Å². The molecule has 170 valence electrons. The Labute approximate surface area is 185 Å². The van der Waals surface area contributed by atoms with Crippen LogP contribution in [0.15, 0.2) is 42.6 Å². The zero-order chi connectivity index (χ0) is 22.3. The maximum Gasteiger partial charge on any atom is 0.254 e. The number of methoxy groups -OCH3 is 1. The minimum absolute atomic E-state index is 0.0693. The Morgan fingerprint density at radius 3 is 2.72 bits per heavy atom. The van der Waals surface area contributed by atoms with Gasteiger partial charge in [-0.3, -0.25) is 9.78 Å². The van der Waals surface area contributed by atoms with Gasteiger partial charge in [-0.05, 0) is 36.8 Å². The standard InChI is InChI=1S/C24H26F2N2O4/c1-30-19-10-17(5-6-18(19)31-14-16-11-24(25,26)12-16)22(29)28-9-7-23(15-32-21(23)13-28)20-4-2-3-8-27-20/h2-6,8,10,16,21H,7,9,11-15H2,1H3/t21-,23-/m0/s1. The van der Waals surface area contributed by atoms with Crippen LogP contribution < -0.4 is 9.47 Å². The molecule has 2 atom stereocenters. The first-order valence-corrected chi connectivity index (χ1v) is 10.9. The molecule has 0 unspecified atom stereocenters. The van der Waals surface area contributed by atoms with E-state index in [1.165, 1.54) is 7.11 Å². The number of alkyl halides is 2. The summed E-state index contributed by atoms with van der Waals surface area (Å²) in [5.41, 5.74) is 1.40. The van der Waals surface area contributed by atoms with Crippen molar-refractivity contribution in [1.29, 1.82) is 0 Å². The van der Waals surface area contributed by atoms with Gasteiger partial charge in [-0.25, -0.2) is 8.78 Å². The van der Waals surface area contributed by atoms with Gasteiger partial charge in [0.25, 0.3) is 5.91 Å². The Bertz CT molecular complexity index is 995. The van der Waals surface area contributed by atoms with Crippen molar-refractivity contribution in [3.8, 4) is 11.5 Å². The molecule has 1 amide bonds. The van der Waals surface area contributed by atoms with Gasteiger partial charge in [0.1, 0.15) is 0 Å². The van der Waals surface area contributed by atoms with Crippen LogP contribution in [0.4, 0.5) is 8.78 Å². The van der Waals surface area contributed by atoms with Gasteiger partial charge in [-0.15, -0.1) is 0 Å². The molecule has 0 bridgehead atoms. The minimum atomic E-state index is -2.57. The second kappa shape index (κ2) is 7.99. The van der Waals surface area contributed by atoms with Crippen LogP contribution in [0.3, 0.4) is 0 Å². The molecule has 3 aliphatic rings. The predicted molar refractivity (Wildman–Crippen MR) is 112 cm³/mol. The Kier molecular flexibility index (Phi) is 5.28. The molecule has 5 rings (SSSR count). The van der Waals surface area contributed by atoms with Crippen molar-refractivity contribution < 1.29 is 27.8 Å². The maximum absolute atomic E-state index is 13.2. The van der Waals surface area contributed by atoms with Gasteiger partial charge in [0.15, 0.2) is 11.5 Å². The molecule has 0 spiro atoms. The quantitative estimate of drug-likeness (QED) is 0.680. The minimum Gasteiger partial charge on any atom is -0.493 e. The topological polar surface area (TPSA) is 60.9 Å². The first-order valence-electron chi connectivity index (χ1n) is 10.9. The van der Waals surface area contributed by atoms with E-state index in [1.54, 1.807) is 29.3 Å². The van der Waals surface area contributed by atoms with Crippen LogP contribution in [0.5, 0.6) is 11.5 Å². The lowest BCUT2D eigenvalue weighted by atomic mass is 9.70. The number of benzene rings is 1. The highest BCUT2D eigenvalue weighted by molar-refractivity contribution is 5.95. The zero-order valence-corrected chi connectivity index (χ0v) is 17.9. The lowest BCUT2D eigenvalue weighted by Crippen LogP contribution is -2.65. The summed E-state index contributed by atoms with van der Waals surface area (Å²) in [6.45, 7) is 1.96. The lowest BCUT2D eigenvalue weighted by molar-refractivity contribution is -0.169. The Balaban J connectivity index is 1.24. The molecule has 32 heavy (non-hydrogen) atoms. The number of rotatable bonds is 6. The van der Waals surface area contributed by atoms with E-state index < -0.39 is 5.92 Å². The van der Waals surface area contributed by atoms with Crippen molar-refractivity contribution >= 4 is 5.91 Å². The van der Waals surface area contributed by atoms with Crippen LogP contribution in [0, 0.1) is 5.92 Å². The number of pyridine rings is 1. The molecule has 1 saturated carbocycles. The Morgan fingerprint density at radius 1 is 1.25 bits per heavy atom. The SMILES string of the molecule is COc1cc(C(=O)N2CC[C@@]3(c4ccccn4)CO[C@H]3C2)ccc1OCC1CC(F)(F)C1. The van der Waals surface area contributed by atoms with Gasteiger partial charge in [-0.1, -0.05) is 6.07 Å². The fraction of sp³-hybridized carbons (Fsp3) is 0.500. The first-order chi connectivity index (χ1) is 15.4. The summed E-state index contributed by atoms with van der Waals surface area (Å²) in [5, 5.41) is 0. The number of hydrogen-bond acceptors (Lipinski definition) is 5. The van der Waals surface area contributed by atoms with Crippen molar-refractivity contribution in [3.05, 3.63) is 53.9 Å². The van der Waals surface area contributed by atoms with Crippen LogP contribution in [0.1, 0.15) is 35.3 Å². The Hall–Kier alpha value is -2.74. The Morgan fingerprint density at radius 2 is 2.09 bits per heavy atom. The van der Waals surface area contributed by atoms with Gasteiger partial charge in [0, 0.05) is 43.6 Å². The highest BCUT2D eigenvalue weighted by atomic mass is 19.3. The first kappa shape index (κ1) is 21.1. The third-order valence-corrected chi connectivity index (χ3v) is 6.89. The summed E-state index contributed by atoms with van der Waals surface area (Å²) in [6, 6.07) is 10.9. The van der Waals surface area contributed by atoms with Crippen molar-refractivity contribution in [2.45, 2.75) is 36.7 Å². The average Bonchev–Trinajstić information content (AvgIpc) is 2.77. The van der Waals surface area contributed by atoms with Crippen LogP contribution in [-0.4, -0.2) is 61.2 Å². The number of piperidine rings is 1. The number of likely N-dealkylation sites (tertiary alicyclic amines) is 1. The molecule has 6 nitrogen and oxygen atoms in total. The molecule has 3 fully saturated rings. The molecule has 0 radical (unpaired) electrons. The van der Waals surface area contributed by atoms with Crippen molar-refractivity contribution in [3.63, 3.8) is 0 Å². The fourth-order valence-corrected chi connectivity index (χ4v) is 4.91. The summed E-state index contributed by atoms with van der Waals surface area (Å²) in [5.74, 6) is -1.96. The molecule has 2 aromatic rings. The summed E-state index contributed by atoms with van der Waals surface area (Å²) in [7, 11) is 1.50. The highest BCUT2D eigenvalue weighted by Gasteiger charge is 2.54. The zero-order valence-electron chi connectivity index (χ0n) is 17.9. The smallest absolute Gasteiger partial charge is 0.254 e. The number of ether oxygens (including phenoxy) is 3. The second-order valence-electron chi connectivity index (χ2n) is 8.98. The number of hydrogen-bond donors (Lipinski definition) is 0. The summed E-state index contributed by atoms with van der Waals surface area (Å²) >= 11 is 0. The third kappa shape index (κ3) is 3.70. The van der Waals surface area contributed by atoms with Gasteiger partial charge >= 0.3 is 0 Å². The third-order valence-electron chi connectivity index (χ3n) is 6.89. The van der Waals surface area contributed by atoms with E-state index in [0.29, 0.717) is 36.8 Å². The summed E-state index contributed by atoms with van der Waals surface area (Å²) in [6.07, 6.45) is 2.22. The predicted octanol–water partition coefficient (Wildman–Crippen LogP) is 3.70.